The first-order valence-electron chi connectivity index (χ1n) is 8.74. The largest absolute Gasteiger partial charge is 0.472 e. The number of piperidine rings is 1. The highest BCUT2D eigenvalue weighted by molar-refractivity contribution is 7.99. The highest BCUT2D eigenvalue weighted by Gasteiger charge is 2.25. The van der Waals surface area contributed by atoms with Gasteiger partial charge in [-0.2, -0.15) is 4.98 Å². The number of likely N-dealkylation sites (tertiary alicyclic amines) is 1. The lowest BCUT2D eigenvalue weighted by Crippen LogP contribution is -2.44. The van der Waals surface area contributed by atoms with Crippen LogP contribution in [0.25, 0.3) is 0 Å². The molecule has 1 amide bonds. The minimum absolute atomic E-state index is 0.0471. The summed E-state index contributed by atoms with van der Waals surface area (Å²) in [6, 6.07) is 12.1. The van der Waals surface area contributed by atoms with Crippen LogP contribution in [-0.2, 0) is 4.79 Å². The second-order valence-corrected chi connectivity index (χ2v) is 7.18. The molecule has 0 N–H and O–H groups in total. The zero-order valence-corrected chi connectivity index (χ0v) is 15.7. The van der Waals surface area contributed by atoms with Crippen molar-refractivity contribution < 1.29 is 14.3 Å². The van der Waals surface area contributed by atoms with Gasteiger partial charge >= 0.3 is 6.01 Å². The van der Waals surface area contributed by atoms with Crippen LogP contribution in [0.4, 0.5) is 0 Å². The second-order valence-electron chi connectivity index (χ2n) is 6.01. The van der Waals surface area contributed by atoms with Gasteiger partial charge in [-0.05, 0) is 25.0 Å². The fourth-order valence-corrected chi connectivity index (χ4v) is 3.71. The fourth-order valence-electron chi connectivity index (χ4n) is 2.85. The Balaban J connectivity index is 1.47. The van der Waals surface area contributed by atoms with Crippen molar-refractivity contribution in [2.24, 2.45) is 0 Å². The van der Waals surface area contributed by atoms with Gasteiger partial charge in [-0.25, -0.2) is 4.98 Å². The van der Waals surface area contributed by atoms with Crippen molar-refractivity contribution in [1.82, 2.24) is 14.9 Å². The standard InChI is InChI=1S/C19H23N3O3S/c1-24-19-20-11-9-17(21-19)25-15-6-5-12-22(14-15)18(23)10-13-26-16-7-3-2-4-8-16/h2-4,7-9,11,15H,5-6,10,12-14H2,1H3. The van der Waals surface area contributed by atoms with Crippen molar-refractivity contribution in [2.45, 2.75) is 30.3 Å². The molecule has 0 spiro atoms. The van der Waals surface area contributed by atoms with Gasteiger partial charge in [0.2, 0.25) is 11.8 Å². The van der Waals surface area contributed by atoms with Crippen LogP contribution >= 0.6 is 11.8 Å². The predicted octanol–water partition coefficient (Wildman–Crippen LogP) is 3.04. The number of methoxy groups -OCH3 is 1. The topological polar surface area (TPSA) is 64.6 Å². The minimum atomic E-state index is -0.0471. The van der Waals surface area contributed by atoms with Gasteiger partial charge in [-0.15, -0.1) is 11.8 Å². The molecule has 26 heavy (non-hydrogen) atoms. The van der Waals surface area contributed by atoms with E-state index in [1.807, 2.05) is 23.1 Å². The molecule has 6 nitrogen and oxygen atoms in total. The van der Waals surface area contributed by atoms with Gasteiger partial charge in [0.25, 0.3) is 0 Å². The van der Waals surface area contributed by atoms with Crippen molar-refractivity contribution in [3.8, 4) is 11.9 Å². The zero-order valence-electron chi connectivity index (χ0n) is 14.8. The van der Waals surface area contributed by atoms with Crippen molar-refractivity contribution in [3.63, 3.8) is 0 Å². The van der Waals surface area contributed by atoms with Crippen LogP contribution in [0.3, 0.4) is 0 Å². The Morgan fingerprint density at radius 1 is 1.31 bits per heavy atom. The minimum Gasteiger partial charge on any atom is -0.472 e. The maximum atomic E-state index is 12.5. The van der Waals surface area contributed by atoms with E-state index in [1.54, 1.807) is 24.0 Å². The van der Waals surface area contributed by atoms with Crippen LogP contribution in [0.1, 0.15) is 19.3 Å². The summed E-state index contributed by atoms with van der Waals surface area (Å²) in [7, 11) is 1.52. The zero-order chi connectivity index (χ0) is 18.2. The molecule has 1 atom stereocenters. The number of carbonyl (C=O) groups is 1. The highest BCUT2D eigenvalue weighted by Crippen LogP contribution is 2.21. The van der Waals surface area contributed by atoms with Crippen LogP contribution in [0, 0.1) is 0 Å². The first kappa shape index (κ1) is 18.5. The van der Waals surface area contributed by atoms with Gasteiger partial charge in [0.15, 0.2) is 0 Å². The molecule has 138 valence electrons. The first-order valence-corrected chi connectivity index (χ1v) is 9.72. The molecule has 0 radical (unpaired) electrons. The number of ether oxygens (including phenoxy) is 2. The summed E-state index contributed by atoms with van der Waals surface area (Å²) in [6.45, 7) is 1.39. The summed E-state index contributed by atoms with van der Waals surface area (Å²) in [5, 5.41) is 0. The molecule has 2 aromatic rings. The number of benzene rings is 1. The third kappa shape index (κ3) is 5.36. The lowest BCUT2D eigenvalue weighted by atomic mass is 10.1. The number of amides is 1. The van der Waals surface area contributed by atoms with E-state index < -0.39 is 0 Å². The van der Waals surface area contributed by atoms with Crippen LogP contribution in [0.15, 0.2) is 47.5 Å². The molecule has 0 aliphatic carbocycles. The Morgan fingerprint density at radius 2 is 2.15 bits per heavy atom. The number of rotatable bonds is 7. The SMILES string of the molecule is COc1nccc(OC2CCCN(C(=O)CCSc3ccccc3)C2)n1. The molecule has 1 aliphatic heterocycles. The van der Waals surface area contributed by atoms with Gasteiger partial charge in [0, 0.05) is 35.9 Å². The predicted molar refractivity (Wildman–Crippen MR) is 101 cm³/mol. The van der Waals surface area contributed by atoms with Crippen molar-refractivity contribution >= 4 is 17.7 Å². The number of nitrogens with zero attached hydrogens (tertiary/aromatic N) is 3. The van der Waals surface area contributed by atoms with Crippen molar-refractivity contribution in [2.75, 3.05) is 26.0 Å². The van der Waals surface area contributed by atoms with Gasteiger partial charge < -0.3 is 14.4 Å². The number of hydrogen-bond acceptors (Lipinski definition) is 6. The summed E-state index contributed by atoms with van der Waals surface area (Å²) in [5.74, 6) is 1.45. The van der Waals surface area contributed by atoms with E-state index in [1.165, 1.54) is 12.0 Å². The van der Waals surface area contributed by atoms with Gasteiger partial charge in [0.05, 0.1) is 13.7 Å². The summed E-state index contributed by atoms with van der Waals surface area (Å²) >= 11 is 1.71. The third-order valence-corrected chi connectivity index (χ3v) is 5.15. The van der Waals surface area contributed by atoms with E-state index in [0.29, 0.717) is 18.8 Å². The Morgan fingerprint density at radius 3 is 2.96 bits per heavy atom. The molecule has 3 rings (SSSR count). The van der Waals surface area contributed by atoms with Crippen LogP contribution < -0.4 is 9.47 Å². The fraction of sp³-hybridized carbons (Fsp3) is 0.421. The molecule has 0 saturated carbocycles. The average molecular weight is 373 g/mol. The van der Waals surface area contributed by atoms with Crippen LogP contribution in [0.5, 0.6) is 11.9 Å². The van der Waals surface area contributed by atoms with Crippen LogP contribution in [0.2, 0.25) is 0 Å². The van der Waals surface area contributed by atoms with Crippen molar-refractivity contribution in [1.29, 1.82) is 0 Å². The van der Waals surface area contributed by atoms with Gasteiger partial charge in [-0.1, -0.05) is 18.2 Å². The first-order chi connectivity index (χ1) is 12.7. The smallest absolute Gasteiger partial charge is 0.319 e. The molecule has 0 bridgehead atoms. The summed E-state index contributed by atoms with van der Waals surface area (Å²) < 4.78 is 10.9. The Bertz CT molecular complexity index is 714. The van der Waals surface area contributed by atoms with E-state index in [0.717, 1.165) is 25.1 Å². The molecule has 1 fully saturated rings. The Kier molecular flexibility index (Phi) is 6.71. The normalized spacial score (nSPS) is 17.0. The monoisotopic (exact) mass is 373 g/mol. The van der Waals surface area contributed by atoms with E-state index in [9.17, 15) is 4.79 Å². The highest BCUT2D eigenvalue weighted by atomic mass is 32.2. The summed E-state index contributed by atoms with van der Waals surface area (Å²) in [6.07, 6.45) is 3.94. The number of carbonyl (C=O) groups excluding carboxylic acids is 1. The lowest BCUT2D eigenvalue weighted by molar-refractivity contribution is -0.133. The number of thioether (sulfide) groups is 1. The Labute approximate surface area is 157 Å². The molecule has 7 heteroatoms. The second kappa shape index (κ2) is 9.43. The van der Waals surface area contributed by atoms with E-state index >= 15 is 0 Å². The molecule has 1 aromatic heterocycles. The van der Waals surface area contributed by atoms with E-state index in [2.05, 4.69) is 22.1 Å². The molecule has 1 unspecified atom stereocenters. The average Bonchev–Trinajstić information content (AvgIpc) is 2.69. The number of aromatic nitrogens is 2. The lowest BCUT2D eigenvalue weighted by Gasteiger charge is -2.32. The van der Waals surface area contributed by atoms with Crippen LogP contribution in [-0.4, -0.2) is 52.8 Å². The Hall–Kier alpha value is -2.28. The molecule has 2 heterocycles. The third-order valence-electron chi connectivity index (χ3n) is 4.14. The molecule has 1 saturated heterocycles. The van der Waals surface area contributed by atoms with E-state index in [4.69, 9.17) is 9.47 Å². The van der Waals surface area contributed by atoms with Gasteiger partial charge in [-0.3, -0.25) is 4.79 Å². The molecule has 1 aromatic carbocycles. The maximum absolute atomic E-state index is 12.5. The molecular formula is C19H23N3O3S. The quantitative estimate of drug-likeness (QED) is 0.695. The van der Waals surface area contributed by atoms with Crippen molar-refractivity contribution in [3.05, 3.63) is 42.6 Å². The molecule has 1 aliphatic rings. The number of hydrogen-bond donors (Lipinski definition) is 0. The molecular weight excluding hydrogens is 350 g/mol. The summed E-state index contributed by atoms with van der Waals surface area (Å²) in [4.78, 5) is 23.7. The van der Waals surface area contributed by atoms with E-state index in [-0.39, 0.29) is 18.0 Å². The van der Waals surface area contributed by atoms with Gasteiger partial charge in [0.1, 0.15) is 6.10 Å². The maximum Gasteiger partial charge on any atom is 0.319 e. The summed E-state index contributed by atoms with van der Waals surface area (Å²) in [5.41, 5.74) is 0.